The van der Waals surface area contributed by atoms with Gasteiger partial charge in [0, 0.05) is 20.0 Å². The molecule has 32 heavy (non-hydrogen) atoms. The van der Waals surface area contributed by atoms with Gasteiger partial charge in [0.25, 0.3) is 5.89 Å². The highest BCUT2D eigenvalue weighted by atomic mass is 35.5. The van der Waals surface area contributed by atoms with Crippen LogP contribution < -0.4 is 14.2 Å². The summed E-state index contributed by atoms with van der Waals surface area (Å²) in [6, 6.07) is 10.8. The van der Waals surface area contributed by atoms with Crippen molar-refractivity contribution in [3.8, 4) is 34.6 Å². The molecule has 0 fully saturated rings. The molecule has 0 saturated heterocycles. The van der Waals surface area contributed by atoms with Gasteiger partial charge in [0.1, 0.15) is 23.7 Å². The summed E-state index contributed by atoms with van der Waals surface area (Å²) in [6.07, 6.45) is 0. The molecule has 0 amide bonds. The third-order valence-electron chi connectivity index (χ3n) is 4.66. The molecule has 166 valence electrons. The van der Waals surface area contributed by atoms with Crippen LogP contribution in [0.5, 0.6) is 23.1 Å². The van der Waals surface area contributed by atoms with Crippen molar-refractivity contribution in [1.82, 2.24) is 20.0 Å². The summed E-state index contributed by atoms with van der Waals surface area (Å²) in [4.78, 5) is 0. The number of hydrogen-bond donors (Lipinski definition) is 0. The molecular weight excluding hydrogens is 455 g/mol. The molecule has 2 aromatic heterocycles. The lowest BCUT2D eigenvalue weighted by molar-refractivity contribution is 0.304. The molecule has 8 nitrogen and oxygen atoms in total. The number of aromatic nitrogens is 4. The second-order valence-electron chi connectivity index (χ2n) is 6.97. The van der Waals surface area contributed by atoms with Crippen LogP contribution in [-0.4, -0.2) is 27.1 Å². The smallest absolute Gasteiger partial charge is 0.255 e. The average Bonchev–Trinajstić information content (AvgIpc) is 3.31. The topological polar surface area (TPSA) is 84.4 Å². The van der Waals surface area contributed by atoms with Gasteiger partial charge in [0.05, 0.1) is 22.8 Å². The predicted octanol–water partition coefficient (Wildman–Crippen LogP) is 5.77. The van der Waals surface area contributed by atoms with E-state index in [4.69, 9.17) is 41.8 Å². The standard InChI is InChI=1S/C22H20Cl2N4O4/c1-12-20(21-26-25-13(2)31-21)22(28(3)27-12)32-19-10-18(16(23)9-17(19)24)30-11-14-5-7-15(29-4)8-6-14/h5-10H,11H2,1-4H3. The van der Waals surface area contributed by atoms with E-state index in [1.54, 1.807) is 37.9 Å². The van der Waals surface area contributed by atoms with Crippen molar-refractivity contribution >= 4 is 23.2 Å². The van der Waals surface area contributed by atoms with Gasteiger partial charge in [-0.05, 0) is 30.7 Å². The van der Waals surface area contributed by atoms with Gasteiger partial charge in [-0.15, -0.1) is 10.2 Å². The largest absolute Gasteiger partial charge is 0.497 e. The van der Waals surface area contributed by atoms with Gasteiger partial charge in [0.15, 0.2) is 5.75 Å². The maximum atomic E-state index is 6.40. The highest BCUT2D eigenvalue weighted by Crippen LogP contribution is 2.41. The monoisotopic (exact) mass is 474 g/mol. The first kappa shape index (κ1) is 22.0. The van der Waals surface area contributed by atoms with E-state index >= 15 is 0 Å². The second kappa shape index (κ2) is 9.10. The average molecular weight is 475 g/mol. The van der Waals surface area contributed by atoms with Crippen LogP contribution in [0.4, 0.5) is 0 Å². The Morgan fingerprint density at radius 3 is 2.38 bits per heavy atom. The maximum absolute atomic E-state index is 6.40. The number of ether oxygens (including phenoxy) is 3. The summed E-state index contributed by atoms with van der Waals surface area (Å²) < 4.78 is 24.4. The number of hydrogen-bond acceptors (Lipinski definition) is 7. The van der Waals surface area contributed by atoms with Gasteiger partial charge < -0.3 is 18.6 Å². The number of methoxy groups -OCH3 is 1. The van der Waals surface area contributed by atoms with Crippen LogP contribution in [0.1, 0.15) is 17.1 Å². The summed E-state index contributed by atoms with van der Waals surface area (Å²) in [5, 5.41) is 13.1. The molecule has 0 unspecified atom stereocenters. The molecule has 0 aliphatic carbocycles. The Bertz CT molecular complexity index is 1250. The molecule has 0 bridgehead atoms. The third-order valence-corrected chi connectivity index (χ3v) is 5.25. The summed E-state index contributed by atoms with van der Waals surface area (Å²) in [5.74, 6) is 2.69. The van der Waals surface area contributed by atoms with Crippen LogP contribution in [0.2, 0.25) is 10.0 Å². The fraction of sp³-hybridized carbons (Fsp3) is 0.227. The number of rotatable bonds is 7. The van der Waals surface area contributed by atoms with Crippen molar-refractivity contribution in [2.75, 3.05) is 7.11 Å². The van der Waals surface area contributed by atoms with Crippen molar-refractivity contribution in [3.63, 3.8) is 0 Å². The van der Waals surface area contributed by atoms with Crippen LogP contribution in [0, 0.1) is 13.8 Å². The Morgan fingerprint density at radius 2 is 1.72 bits per heavy atom. The lowest BCUT2D eigenvalue weighted by atomic mass is 10.2. The molecule has 4 aromatic rings. The molecule has 2 aromatic carbocycles. The first-order valence-electron chi connectivity index (χ1n) is 9.62. The van der Waals surface area contributed by atoms with Crippen LogP contribution in [0.15, 0.2) is 40.8 Å². The molecule has 4 rings (SSSR count). The Hall–Kier alpha value is -3.23. The van der Waals surface area contributed by atoms with Crippen LogP contribution in [0.3, 0.4) is 0 Å². The van der Waals surface area contributed by atoms with Crippen molar-refractivity contribution in [3.05, 3.63) is 63.6 Å². The highest BCUT2D eigenvalue weighted by molar-refractivity contribution is 6.36. The Morgan fingerprint density at radius 1 is 1.00 bits per heavy atom. The fourth-order valence-electron chi connectivity index (χ4n) is 3.08. The van der Waals surface area contributed by atoms with Crippen molar-refractivity contribution in [2.45, 2.75) is 20.5 Å². The maximum Gasteiger partial charge on any atom is 0.255 e. The molecular formula is C22H20Cl2N4O4. The number of aryl methyl sites for hydroxylation is 3. The van der Waals surface area contributed by atoms with Crippen molar-refractivity contribution in [1.29, 1.82) is 0 Å². The Kier molecular flexibility index (Phi) is 6.25. The van der Waals surface area contributed by atoms with Crippen molar-refractivity contribution in [2.24, 2.45) is 7.05 Å². The molecule has 0 radical (unpaired) electrons. The quantitative estimate of drug-likeness (QED) is 0.335. The van der Waals surface area contributed by atoms with E-state index in [1.165, 1.54) is 0 Å². The minimum absolute atomic E-state index is 0.308. The first-order chi connectivity index (χ1) is 15.4. The summed E-state index contributed by atoms with van der Waals surface area (Å²) in [6.45, 7) is 3.85. The van der Waals surface area contributed by atoms with Gasteiger partial charge in [-0.25, -0.2) is 4.68 Å². The molecule has 0 spiro atoms. The van der Waals surface area contributed by atoms with Crippen molar-refractivity contribution < 1.29 is 18.6 Å². The predicted molar refractivity (Wildman–Crippen MR) is 120 cm³/mol. The first-order valence-corrected chi connectivity index (χ1v) is 10.4. The summed E-state index contributed by atoms with van der Waals surface area (Å²) in [7, 11) is 3.37. The van der Waals surface area contributed by atoms with Gasteiger partial charge in [-0.2, -0.15) is 5.10 Å². The van der Waals surface area contributed by atoms with E-state index in [1.807, 2.05) is 31.2 Å². The molecule has 0 aliphatic heterocycles. The highest BCUT2D eigenvalue weighted by Gasteiger charge is 2.23. The Labute approximate surface area is 194 Å². The lowest BCUT2D eigenvalue weighted by Crippen LogP contribution is -1.99. The minimum atomic E-state index is 0.308. The fourth-order valence-corrected chi connectivity index (χ4v) is 3.56. The molecule has 0 atom stereocenters. The zero-order chi connectivity index (χ0) is 22.8. The van der Waals surface area contributed by atoms with Gasteiger partial charge in [-0.3, -0.25) is 0 Å². The van der Waals surface area contributed by atoms with Crippen LogP contribution >= 0.6 is 23.2 Å². The van der Waals surface area contributed by atoms with E-state index in [0.717, 1.165) is 11.3 Å². The number of nitrogens with zero attached hydrogens (tertiary/aromatic N) is 4. The van der Waals surface area contributed by atoms with E-state index in [2.05, 4.69) is 15.3 Å². The molecule has 10 heteroatoms. The van der Waals surface area contributed by atoms with E-state index in [9.17, 15) is 0 Å². The molecule has 0 saturated carbocycles. The van der Waals surface area contributed by atoms with E-state index in [-0.39, 0.29) is 0 Å². The van der Waals surface area contributed by atoms with E-state index in [0.29, 0.717) is 57.1 Å². The number of halogens is 2. The third kappa shape index (κ3) is 4.51. The zero-order valence-electron chi connectivity index (χ0n) is 17.8. The SMILES string of the molecule is COc1ccc(COc2cc(Oc3c(-c4nnc(C)o4)c(C)nn3C)c(Cl)cc2Cl)cc1. The summed E-state index contributed by atoms with van der Waals surface area (Å²) >= 11 is 12.8. The van der Waals surface area contributed by atoms with E-state index < -0.39 is 0 Å². The minimum Gasteiger partial charge on any atom is -0.497 e. The molecule has 2 heterocycles. The number of benzene rings is 2. The van der Waals surface area contributed by atoms with Gasteiger partial charge in [0.2, 0.25) is 11.8 Å². The van der Waals surface area contributed by atoms with Crippen LogP contribution in [0.25, 0.3) is 11.5 Å². The normalized spacial score (nSPS) is 10.9. The zero-order valence-corrected chi connectivity index (χ0v) is 19.4. The van der Waals surface area contributed by atoms with Crippen LogP contribution in [-0.2, 0) is 13.7 Å². The molecule has 0 aliphatic rings. The Balaban J connectivity index is 1.61. The summed E-state index contributed by atoms with van der Waals surface area (Å²) in [5.41, 5.74) is 2.21. The molecule has 0 N–H and O–H groups in total. The second-order valence-corrected chi connectivity index (χ2v) is 7.78. The van der Waals surface area contributed by atoms with Gasteiger partial charge >= 0.3 is 0 Å². The van der Waals surface area contributed by atoms with Gasteiger partial charge in [-0.1, -0.05) is 35.3 Å². The lowest BCUT2D eigenvalue weighted by Gasteiger charge is -2.13.